The van der Waals surface area contributed by atoms with Gasteiger partial charge in [0.1, 0.15) is 5.76 Å². The van der Waals surface area contributed by atoms with E-state index in [4.69, 9.17) is 14.0 Å². The first-order chi connectivity index (χ1) is 11.8. The fraction of sp³-hybridized carbons (Fsp3) is 0.765. The number of morpholine rings is 1. The molecule has 1 aliphatic carbocycles. The van der Waals surface area contributed by atoms with Crippen LogP contribution in [0.3, 0.4) is 0 Å². The van der Waals surface area contributed by atoms with Gasteiger partial charge < -0.3 is 19.3 Å². The maximum atomic E-state index is 12.4. The van der Waals surface area contributed by atoms with Crippen molar-refractivity contribution in [2.75, 3.05) is 46.1 Å². The van der Waals surface area contributed by atoms with E-state index in [1.807, 2.05) is 0 Å². The Morgan fingerprint density at radius 2 is 2.08 bits per heavy atom. The molecule has 0 bridgehead atoms. The molecule has 3 heterocycles. The van der Waals surface area contributed by atoms with Crippen LogP contribution in [0.1, 0.15) is 41.4 Å². The molecule has 0 radical (unpaired) electrons. The summed E-state index contributed by atoms with van der Waals surface area (Å²) in [6, 6.07) is 2.07. The number of hydrogen-bond acceptors (Lipinski definition) is 6. The van der Waals surface area contributed by atoms with Crippen LogP contribution in [0.2, 0.25) is 0 Å². The van der Waals surface area contributed by atoms with Crippen molar-refractivity contribution in [1.29, 1.82) is 0 Å². The van der Waals surface area contributed by atoms with E-state index in [1.165, 1.54) is 0 Å². The monoisotopic (exact) mass is 335 g/mol. The lowest BCUT2D eigenvalue weighted by Gasteiger charge is -2.37. The minimum absolute atomic E-state index is 0.150. The minimum Gasteiger partial charge on any atom is -0.381 e. The predicted molar refractivity (Wildman–Crippen MR) is 85.9 cm³/mol. The van der Waals surface area contributed by atoms with Crippen molar-refractivity contribution >= 4 is 5.91 Å². The van der Waals surface area contributed by atoms with E-state index in [0.29, 0.717) is 24.1 Å². The van der Waals surface area contributed by atoms with Crippen molar-refractivity contribution in [3.8, 4) is 0 Å². The van der Waals surface area contributed by atoms with Gasteiger partial charge in [-0.05, 0) is 19.3 Å². The number of aromatic nitrogens is 1. The van der Waals surface area contributed by atoms with Crippen molar-refractivity contribution in [3.63, 3.8) is 0 Å². The van der Waals surface area contributed by atoms with Crippen LogP contribution in [0.4, 0.5) is 0 Å². The molecule has 7 heteroatoms. The second-order valence-electron chi connectivity index (χ2n) is 6.94. The lowest BCUT2D eigenvalue weighted by molar-refractivity contribution is 0.00164. The Labute approximate surface area is 141 Å². The predicted octanol–water partition coefficient (Wildman–Crippen LogP) is 1.02. The summed E-state index contributed by atoms with van der Waals surface area (Å²) in [4.78, 5) is 14.8. The van der Waals surface area contributed by atoms with Crippen LogP contribution < -0.4 is 5.32 Å². The molecule has 0 spiro atoms. The fourth-order valence-electron chi connectivity index (χ4n) is 3.60. The second-order valence-corrected chi connectivity index (χ2v) is 6.94. The molecule has 1 N–H and O–H groups in total. The smallest absolute Gasteiger partial charge is 0.273 e. The molecule has 0 unspecified atom stereocenters. The highest BCUT2D eigenvalue weighted by Gasteiger charge is 2.32. The Kier molecular flexibility index (Phi) is 4.82. The Morgan fingerprint density at radius 3 is 2.79 bits per heavy atom. The van der Waals surface area contributed by atoms with Crippen LogP contribution in [-0.2, 0) is 9.47 Å². The van der Waals surface area contributed by atoms with Gasteiger partial charge in [0.2, 0.25) is 0 Å². The van der Waals surface area contributed by atoms with E-state index >= 15 is 0 Å². The number of rotatable bonds is 6. The Bertz CT molecular complexity index is 560. The summed E-state index contributed by atoms with van der Waals surface area (Å²) < 4.78 is 16.3. The van der Waals surface area contributed by atoms with Crippen LogP contribution in [0.25, 0.3) is 0 Å². The molecular formula is C17H25N3O4. The SMILES string of the molecule is O=C(NC[C@H]([C@@H]1CCOC1)N1CCOCC1)c1cc(C2CC2)on1. The highest BCUT2D eigenvalue weighted by molar-refractivity contribution is 5.92. The van der Waals surface area contributed by atoms with Gasteiger partial charge in [0.05, 0.1) is 19.8 Å². The Morgan fingerprint density at radius 1 is 1.25 bits per heavy atom. The Balaban J connectivity index is 1.36. The summed E-state index contributed by atoms with van der Waals surface area (Å²) in [5.41, 5.74) is 0.389. The first-order valence-electron chi connectivity index (χ1n) is 8.95. The number of nitrogens with zero attached hydrogens (tertiary/aromatic N) is 2. The van der Waals surface area contributed by atoms with Crippen LogP contribution in [0.15, 0.2) is 10.6 Å². The van der Waals surface area contributed by atoms with Gasteiger partial charge in [0.15, 0.2) is 5.69 Å². The van der Waals surface area contributed by atoms with E-state index < -0.39 is 0 Å². The van der Waals surface area contributed by atoms with Gasteiger partial charge >= 0.3 is 0 Å². The van der Waals surface area contributed by atoms with Gasteiger partial charge in [0.25, 0.3) is 5.91 Å². The molecule has 1 saturated carbocycles. The fourth-order valence-corrected chi connectivity index (χ4v) is 3.60. The topological polar surface area (TPSA) is 76.8 Å². The van der Waals surface area contributed by atoms with Crippen LogP contribution >= 0.6 is 0 Å². The molecule has 1 aromatic rings. The molecule has 2 atom stereocenters. The maximum absolute atomic E-state index is 12.4. The highest BCUT2D eigenvalue weighted by atomic mass is 16.5. The summed E-state index contributed by atoms with van der Waals surface area (Å²) in [6.07, 6.45) is 3.32. The van der Waals surface area contributed by atoms with Crippen LogP contribution in [0, 0.1) is 5.92 Å². The zero-order valence-corrected chi connectivity index (χ0v) is 13.9. The van der Waals surface area contributed by atoms with Gasteiger partial charge in [0, 0.05) is 50.2 Å². The molecule has 2 saturated heterocycles. The first-order valence-corrected chi connectivity index (χ1v) is 8.95. The largest absolute Gasteiger partial charge is 0.381 e. The number of nitrogens with one attached hydrogen (secondary N) is 1. The van der Waals surface area contributed by atoms with Gasteiger partial charge in [-0.1, -0.05) is 5.16 Å². The molecule has 24 heavy (non-hydrogen) atoms. The molecule has 7 nitrogen and oxygen atoms in total. The maximum Gasteiger partial charge on any atom is 0.273 e. The van der Waals surface area contributed by atoms with Gasteiger partial charge in [-0.2, -0.15) is 0 Å². The van der Waals surface area contributed by atoms with E-state index in [1.54, 1.807) is 6.07 Å². The third kappa shape index (κ3) is 3.63. The Hall–Kier alpha value is -1.44. The van der Waals surface area contributed by atoms with Crippen molar-refractivity contribution in [3.05, 3.63) is 17.5 Å². The molecule has 2 aliphatic heterocycles. The average Bonchev–Trinajstić information content (AvgIpc) is 3.12. The van der Waals surface area contributed by atoms with Crippen molar-refractivity contribution in [2.45, 2.75) is 31.2 Å². The average molecular weight is 335 g/mol. The summed E-state index contributed by atoms with van der Waals surface area (Å²) in [5, 5.41) is 6.97. The van der Waals surface area contributed by atoms with E-state index in [2.05, 4.69) is 15.4 Å². The zero-order valence-electron chi connectivity index (χ0n) is 13.9. The van der Waals surface area contributed by atoms with Gasteiger partial charge in [-0.3, -0.25) is 9.69 Å². The third-order valence-corrected chi connectivity index (χ3v) is 5.24. The summed E-state index contributed by atoms with van der Waals surface area (Å²) in [6.45, 7) is 5.53. The van der Waals surface area contributed by atoms with Crippen molar-refractivity contribution < 1.29 is 18.8 Å². The van der Waals surface area contributed by atoms with E-state index in [9.17, 15) is 4.79 Å². The number of ether oxygens (including phenoxy) is 2. The number of amides is 1. The van der Waals surface area contributed by atoms with Crippen LogP contribution in [0.5, 0.6) is 0 Å². The summed E-state index contributed by atoms with van der Waals surface area (Å²) in [7, 11) is 0. The van der Waals surface area contributed by atoms with Crippen molar-refractivity contribution in [1.82, 2.24) is 15.4 Å². The van der Waals surface area contributed by atoms with Gasteiger partial charge in [-0.15, -0.1) is 0 Å². The molecule has 0 aromatic carbocycles. The third-order valence-electron chi connectivity index (χ3n) is 5.24. The molecule has 3 fully saturated rings. The zero-order chi connectivity index (χ0) is 16.4. The molecule has 3 aliphatic rings. The standard InChI is InChI=1S/C17H25N3O4/c21-17(14-9-16(24-19-14)12-1-2-12)18-10-15(13-3-6-23-11-13)20-4-7-22-8-5-20/h9,12-13,15H,1-8,10-11H2,(H,18,21)/t13-,15-/m1/s1. The molecule has 132 valence electrons. The molecule has 1 aromatic heterocycles. The quantitative estimate of drug-likeness (QED) is 0.836. The molecule has 4 rings (SSSR count). The number of carbonyl (C=O) groups is 1. The molecular weight excluding hydrogens is 310 g/mol. The van der Waals surface area contributed by atoms with E-state index in [-0.39, 0.29) is 11.9 Å². The lowest BCUT2D eigenvalue weighted by atomic mass is 9.97. The van der Waals surface area contributed by atoms with Gasteiger partial charge in [-0.25, -0.2) is 0 Å². The highest BCUT2D eigenvalue weighted by Crippen LogP contribution is 2.40. The van der Waals surface area contributed by atoms with Crippen molar-refractivity contribution in [2.24, 2.45) is 5.92 Å². The minimum atomic E-state index is -0.150. The number of carbonyl (C=O) groups excluding carboxylic acids is 1. The summed E-state index contributed by atoms with van der Waals surface area (Å²) in [5.74, 6) is 1.62. The normalized spacial score (nSPS) is 26.4. The lowest BCUT2D eigenvalue weighted by Crippen LogP contribution is -2.52. The number of hydrogen-bond donors (Lipinski definition) is 1. The van der Waals surface area contributed by atoms with E-state index in [0.717, 1.165) is 64.5 Å². The van der Waals surface area contributed by atoms with Crippen LogP contribution in [-0.4, -0.2) is 68.1 Å². The molecule has 1 amide bonds. The first kappa shape index (κ1) is 16.1. The summed E-state index contributed by atoms with van der Waals surface area (Å²) >= 11 is 0. The second kappa shape index (κ2) is 7.21.